The summed E-state index contributed by atoms with van der Waals surface area (Å²) in [5, 5.41) is 2.79. The number of ether oxygens (including phenoxy) is 2. The van der Waals surface area contributed by atoms with Gasteiger partial charge in [0.1, 0.15) is 6.61 Å². The Morgan fingerprint density at radius 2 is 2.00 bits per heavy atom. The minimum Gasteiger partial charge on any atom is -0.399 e. The average Bonchev–Trinajstić information content (AvgIpc) is 2.36. The summed E-state index contributed by atoms with van der Waals surface area (Å²) in [5.74, 6) is 0.327. The molecule has 3 N–H and O–H groups in total. The molecule has 112 valence electrons. The molecule has 20 heavy (non-hydrogen) atoms. The minimum absolute atomic E-state index is 0.0227. The van der Waals surface area contributed by atoms with Crippen molar-refractivity contribution in [1.29, 1.82) is 0 Å². The first kappa shape index (κ1) is 16.5. The highest BCUT2D eigenvalue weighted by Crippen LogP contribution is 2.17. The van der Waals surface area contributed by atoms with Crippen LogP contribution >= 0.6 is 0 Å². The lowest BCUT2D eigenvalue weighted by atomic mass is 10.2. The standard InChI is InChI=1S/C15H24N2O3/c1-11(2)9-19-6-7-20-10-15(18)17-14-5-4-13(16)8-12(14)3/h4-5,8,11H,6-7,9-10,16H2,1-3H3,(H,17,18). The normalized spacial score (nSPS) is 10.8. The van der Waals surface area contributed by atoms with Gasteiger partial charge in [-0.05, 0) is 36.6 Å². The van der Waals surface area contributed by atoms with Gasteiger partial charge in [-0.25, -0.2) is 0 Å². The van der Waals surface area contributed by atoms with Crippen LogP contribution in [0, 0.1) is 12.8 Å². The first-order chi connectivity index (χ1) is 9.49. The minimum atomic E-state index is -0.179. The summed E-state index contributed by atoms with van der Waals surface area (Å²) < 4.78 is 10.6. The highest BCUT2D eigenvalue weighted by atomic mass is 16.5. The third-order valence-electron chi connectivity index (χ3n) is 2.58. The molecule has 0 bridgehead atoms. The van der Waals surface area contributed by atoms with Gasteiger partial charge in [-0.15, -0.1) is 0 Å². The molecule has 0 fully saturated rings. The molecule has 5 heteroatoms. The second kappa shape index (κ2) is 8.55. The maximum Gasteiger partial charge on any atom is 0.250 e. The Bertz CT molecular complexity index is 433. The van der Waals surface area contributed by atoms with E-state index in [4.69, 9.17) is 15.2 Å². The molecule has 0 aromatic heterocycles. The monoisotopic (exact) mass is 280 g/mol. The van der Waals surface area contributed by atoms with Crippen molar-refractivity contribution >= 4 is 17.3 Å². The van der Waals surface area contributed by atoms with E-state index < -0.39 is 0 Å². The zero-order chi connectivity index (χ0) is 15.0. The van der Waals surface area contributed by atoms with E-state index in [0.717, 1.165) is 11.3 Å². The number of nitrogens with two attached hydrogens (primary N) is 1. The lowest BCUT2D eigenvalue weighted by Gasteiger charge is -2.10. The van der Waals surface area contributed by atoms with Gasteiger partial charge in [0.25, 0.3) is 0 Å². The van der Waals surface area contributed by atoms with Crippen molar-refractivity contribution in [3.05, 3.63) is 23.8 Å². The van der Waals surface area contributed by atoms with Crippen molar-refractivity contribution in [2.75, 3.05) is 37.5 Å². The van der Waals surface area contributed by atoms with E-state index in [1.807, 2.05) is 13.0 Å². The fourth-order valence-corrected chi connectivity index (χ4v) is 1.62. The average molecular weight is 280 g/mol. The zero-order valence-electron chi connectivity index (χ0n) is 12.4. The number of rotatable bonds is 8. The van der Waals surface area contributed by atoms with Gasteiger partial charge in [0.05, 0.1) is 13.2 Å². The molecule has 0 spiro atoms. The number of aryl methyl sites for hydroxylation is 1. The topological polar surface area (TPSA) is 73.6 Å². The van der Waals surface area contributed by atoms with Crippen LogP contribution in [-0.2, 0) is 14.3 Å². The predicted octanol–water partition coefficient (Wildman–Crippen LogP) is 2.20. The summed E-state index contributed by atoms with van der Waals surface area (Å²) in [6.07, 6.45) is 0. The fourth-order valence-electron chi connectivity index (χ4n) is 1.62. The van der Waals surface area contributed by atoms with E-state index in [0.29, 0.717) is 31.4 Å². The van der Waals surface area contributed by atoms with Gasteiger partial charge in [0.15, 0.2) is 0 Å². The number of carbonyl (C=O) groups excluding carboxylic acids is 1. The molecule has 0 aliphatic rings. The molecule has 1 aromatic rings. The van der Waals surface area contributed by atoms with Gasteiger partial charge in [-0.1, -0.05) is 13.8 Å². The molecule has 0 radical (unpaired) electrons. The van der Waals surface area contributed by atoms with Crippen LogP contribution in [-0.4, -0.2) is 32.3 Å². The molecule has 0 aliphatic heterocycles. The van der Waals surface area contributed by atoms with E-state index in [1.165, 1.54) is 0 Å². The van der Waals surface area contributed by atoms with Gasteiger partial charge in [-0.2, -0.15) is 0 Å². The summed E-state index contributed by atoms with van der Waals surface area (Å²) in [5.41, 5.74) is 8.02. The number of hydrogen-bond donors (Lipinski definition) is 2. The number of hydrogen-bond acceptors (Lipinski definition) is 4. The van der Waals surface area contributed by atoms with Crippen LogP contribution in [0.4, 0.5) is 11.4 Å². The highest BCUT2D eigenvalue weighted by Gasteiger charge is 2.05. The van der Waals surface area contributed by atoms with Crippen molar-refractivity contribution < 1.29 is 14.3 Å². The summed E-state index contributed by atoms with van der Waals surface area (Å²) in [6, 6.07) is 5.35. The van der Waals surface area contributed by atoms with Crippen molar-refractivity contribution in [2.24, 2.45) is 5.92 Å². The van der Waals surface area contributed by atoms with Gasteiger partial charge in [0.2, 0.25) is 5.91 Å². The van der Waals surface area contributed by atoms with Crippen LogP contribution in [0.3, 0.4) is 0 Å². The molecule has 5 nitrogen and oxygen atoms in total. The molecule has 0 atom stereocenters. The van der Waals surface area contributed by atoms with Crippen LogP contribution in [0.1, 0.15) is 19.4 Å². The maximum atomic E-state index is 11.7. The molecule has 0 aliphatic carbocycles. The number of nitrogen functional groups attached to an aromatic ring is 1. The summed E-state index contributed by atoms with van der Waals surface area (Å²) in [6.45, 7) is 7.72. The van der Waals surface area contributed by atoms with Gasteiger partial charge in [-0.3, -0.25) is 4.79 Å². The molecule has 0 unspecified atom stereocenters. The van der Waals surface area contributed by atoms with E-state index in [1.54, 1.807) is 12.1 Å². The predicted molar refractivity (Wildman–Crippen MR) is 80.7 cm³/mol. The Morgan fingerprint density at radius 1 is 1.30 bits per heavy atom. The van der Waals surface area contributed by atoms with Crippen LogP contribution in [0.25, 0.3) is 0 Å². The number of carbonyl (C=O) groups is 1. The Balaban J connectivity index is 2.20. The van der Waals surface area contributed by atoms with E-state index in [-0.39, 0.29) is 12.5 Å². The maximum absolute atomic E-state index is 11.7. The van der Waals surface area contributed by atoms with E-state index >= 15 is 0 Å². The zero-order valence-corrected chi connectivity index (χ0v) is 12.4. The first-order valence-corrected chi connectivity index (χ1v) is 6.80. The molecule has 0 heterocycles. The largest absolute Gasteiger partial charge is 0.399 e. The lowest BCUT2D eigenvalue weighted by molar-refractivity contribution is -0.121. The van der Waals surface area contributed by atoms with Crippen molar-refractivity contribution in [2.45, 2.75) is 20.8 Å². The molecular weight excluding hydrogens is 256 g/mol. The molecule has 1 amide bonds. The van der Waals surface area contributed by atoms with Crippen molar-refractivity contribution in [1.82, 2.24) is 0 Å². The Labute approximate surface area is 120 Å². The third-order valence-corrected chi connectivity index (χ3v) is 2.58. The fraction of sp³-hybridized carbons (Fsp3) is 0.533. The van der Waals surface area contributed by atoms with Gasteiger partial charge in [0, 0.05) is 18.0 Å². The number of amides is 1. The third kappa shape index (κ3) is 6.54. The second-order valence-electron chi connectivity index (χ2n) is 5.14. The SMILES string of the molecule is Cc1cc(N)ccc1NC(=O)COCCOCC(C)C. The highest BCUT2D eigenvalue weighted by molar-refractivity contribution is 5.92. The first-order valence-electron chi connectivity index (χ1n) is 6.80. The molecule has 1 aromatic carbocycles. The van der Waals surface area contributed by atoms with Crippen LogP contribution in [0.5, 0.6) is 0 Å². The van der Waals surface area contributed by atoms with Crippen molar-refractivity contribution in [3.8, 4) is 0 Å². The Kier molecular flexibility index (Phi) is 7.04. The summed E-state index contributed by atoms with van der Waals surface area (Å²) in [7, 11) is 0. The summed E-state index contributed by atoms with van der Waals surface area (Å²) in [4.78, 5) is 11.7. The second-order valence-corrected chi connectivity index (χ2v) is 5.14. The number of benzene rings is 1. The summed E-state index contributed by atoms with van der Waals surface area (Å²) >= 11 is 0. The molecule has 0 saturated carbocycles. The van der Waals surface area contributed by atoms with E-state index in [9.17, 15) is 4.79 Å². The Morgan fingerprint density at radius 3 is 2.65 bits per heavy atom. The van der Waals surface area contributed by atoms with Crippen LogP contribution in [0.15, 0.2) is 18.2 Å². The van der Waals surface area contributed by atoms with Gasteiger partial charge >= 0.3 is 0 Å². The van der Waals surface area contributed by atoms with Crippen LogP contribution in [0.2, 0.25) is 0 Å². The number of nitrogens with one attached hydrogen (secondary N) is 1. The van der Waals surface area contributed by atoms with E-state index in [2.05, 4.69) is 19.2 Å². The molecule has 1 rings (SSSR count). The molecular formula is C15H24N2O3. The number of anilines is 2. The molecule has 0 saturated heterocycles. The quantitative estimate of drug-likeness (QED) is 0.565. The van der Waals surface area contributed by atoms with Crippen LogP contribution < -0.4 is 11.1 Å². The van der Waals surface area contributed by atoms with Gasteiger partial charge < -0.3 is 20.5 Å². The lowest BCUT2D eigenvalue weighted by Crippen LogP contribution is -2.20. The Hall–Kier alpha value is -1.59. The van der Waals surface area contributed by atoms with Crippen molar-refractivity contribution in [3.63, 3.8) is 0 Å². The smallest absolute Gasteiger partial charge is 0.250 e.